The molecule has 0 amide bonds. The van der Waals surface area contributed by atoms with Gasteiger partial charge in [0.1, 0.15) is 18.0 Å². The van der Waals surface area contributed by atoms with Crippen LogP contribution < -0.4 is 10.2 Å². The summed E-state index contributed by atoms with van der Waals surface area (Å²) in [5.41, 5.74) is 3.57. The summed E-state index contributed by atoms with van der Waals surface area (Å²) in [5.74, 6) is 1.88. The van der Waals surface area contributed by atoms with Crippen molar-refractivity contribution in [3.63, 3.8) is 0 Å². The number of rotatable bonds is 3. The van der Waals surface area contributed by atoms with Gasteiger partial charge in [0.25, 0.3) is 0 Å². The van der Waals surface area contributed by atoms with Crippen molar-refractivity contribution in [2.24, 2.45) is 0 Å². The molecule has 1 aromatic carbocycles. The molecule has 1 aliphatic rings. The Balaban J connectivity index is 1.83. The predicted octanol–water partition coefficient (Wildman–Crippen LogP) is 3.44. The van der Waals surface area contributed by atoms with Crippen molar-refractivity contribution in [2.75, 3.05) is 23.3 Å². The molecule has 4 heteroatoms. The summed E-state index contributed by atoms with van der Waals surface area (Å²) in [6.45, 7) is 6.39. The van der Waals surface area contributed by atoms with Gasteiger partial charge in [-0.25, -0.2) is 9.97 Å². The van der Waals surface area contributed by atoms with E-state index in [1.807, 2.05) is 6.07 Å². The molecule has 1 aromatic heterocycles. The van der Waals surface area contributed by atoms with Crippen LogP contribution in [0.15, 0.2) is 30.6 Å². The molecule has 0 aliphatic carbocycles. The number of hydrogen-bond donors (Lipinski definition) is 1. The summed E-state index contributed by atoms with van der Waals surface area (Å²) >= 11 is 0. The minimum Gasteiger partial charge on any atom is -0.356 e. The molecule has 104 valence electrons. The Morgan fingerprint density at radius 3 is 2.65 bits per heavy atom. The standard InChI is InChI=1S/C16H20N4/c1-12-5-6-13(2)14(9-12)19-15-10-16(18-11-17-15)20-7-3-4-8-20/h5-6,9-11H,3-4,7-8H2,1-2H3,(H,17,18,19). The molecule has 1 fully saturated rings. The number of hydrogen-bond acceptors (Lipinski definition) is 4. The number of anilines is 3. The second-order valence-corrected chi connectivity index (χ2v) is 5.40. The molecule has 0 bridgehead atoms. The van der Waals surface area contributed by atoms with E-state index in [0.717, 1.165) is 30.4 Å². The number of nitrogens with one attached hydrogen (secondary N) is 1. The van der Waals surface area contributed by atoms with Crippen LogP contribution in [0.1, 0.15) is 24.0 Å². The molecular formula is C16H20N4. The van der Waals surface area contributed by atoms with Crippen molar-refractivity contribution < 1.29 is 0 Å². The lowest BCUT2D eigenvalue weighted by Crippen LogP contribution is -2.19. The summed E-state index contributed by atoms with van der Waals surface area (Å²) in [6, 6.07) is 8.43. The van der Waals surface area contributed by atoms with E-state index in [2.05, 4.69) is 52.2 Å². The van der Waals surface area contributed by atoms with Gasteiger partial charge in [-0.3, -0.25) is 0 Å². The highest BCUT2D eigenvalue weighted by Gasteiger charge is 2.14. The monoisotopic (exact) mass is 268 g/mol. The van der Waals surface area contributed by atoms with Gasteiger partial charge in [0.15, 0.2) is 0 Å². The topological polar surface area (TPSA) is 41.0 Å². The van der Waals surface area contributed by atoms with E-state index in [1.165, 1.54) is 24.0 Å². The molecule has 1 saturated heterocycles. The molecule has 0 spiro atoms. The van der Waals surface area contributed by atoms with Crippen LogP contribution in [0.25, 0.3) is 0 Å². The number of nitrogens with zero attached hydrogens (tertiary/aromatic N) is 3. The van der Waals surface area contributed by atoms with Crippen LogP contribution in [0.5, 0.6) is 0 Å². The molecule has 1 N–H and O–H groups in total. The first-order chi connectivity index (χ1) is 9.72. The average Bonchev–Trinajstić information content (AvgIpc) is 2.97. The van der Waals surface area contributed by atoms with E-state index >= 15 is 0 Å². The zero-order valence-electron chi connectivity index (χ0n) is 12.1. The molecule has 0 atom stereocenters. The van der Waals surface area contributed by atoms with Gasteiger partial charge in [-0.05, 0) is 43.9 Å². The Morgan fingerprint density at radius 2 is 1.85 bits per heavy atom. The van der Waals surface area contributed by atoms with E-state index in [0.29, 0.717) is 0 Å². The second-order valence-electron chi connectivity index (χ2n) is 5.40. The summed E-state index contributed by atoms with van der Waals surface area (Å²) in [5, 5.41) is 3.40. The Labute approximate surface area is 119 Å². The third-order valence-corrected chi connectivity index (χ3v) is 3.74. The van der Waals surface area contributed by atoms with E-state index in [-0.39, 0.29) is 0 Å². The van der Waals surface area contributed by atoms with E-state index < -0.39 is 0 Å². The van der Waals surface area contributed by atoms with Crippen molar-refractivity contribution >= 4 is 17.3 Å². The van der Waals surface area contributed by atoms with Gasteiger partial charge < -0.3 is 10.2 Å². The lowest BCUT2D eigenvalue weighted by molar-refractivity contribution is 0.928. The summed E-state index contributed by atoms with van der Waals surface area (Å²) < 4.78 is 0. The second kappa shape index (κ2) is 5.49. The molecule has 2 heterocycles. The fraction of sp³-hybridized carbons (Fsp3) is 0.375. The normalized spacial score (nSPS) is 14.6. The first kappa shape index (κ1) is 12.9. The minimum atomic E-state index is 0.857. The molecule has 0 radical (unpaired) electrons. The van der Waals surface area contributed by atoms with Crippen LogP contribution in [0.3, 0.4) is 0 Å². The van der Waals surface area contributed by atoms with Crippen LogP contribution in [-0.4, -0.2) is 23.1 Å². The molecular weight excluding hydrogens is 248 g/mol. The molecule has 20 heavy (non-hydrogen) atoms. The summed E-state index contributed by atoms with van der Waals surface area (Å²) in [4.78, 5) is 11.0. The largest absolute Gasteiger partial charge is 0.356 e. The van der Waals surface area contributed by atoms with Crippen LogP contribution in [-0.2, 0) is 0 Å². The molecule has 3 rings (SSSR count). The Morgan fingerprint density at radius 1 is 1.05 bits per heavy atom. The maximum Gasteiger partial charge on any atom is 0.135 e. The van der Waals surface area contributed by atoms with Gasteiger partial charge >= 0.3 is 0 Å². The number of aryl methyl sites for hydroxylation is 2. The van der Waals surface area contributed by atoms with Crippen LogP contribution in [0.4, 0.5) is 17.3 Å². The van der Waals surface area contributed by atoms with Crippen LogP contribution in [0, 0.1) is 13.8 Å². The molecule has 2 aromatic rings. The Bertz CT molecular complexity index is 603. The maximum absolute atomic E-state index is 4.38. The lowest BCUT2D eigenvalue weighted by atomic mass is 10.1. The summed E-state index contributed by atoms with van der Waals surface area (Å²) in [6.07, 6.45) is 4.15. The lowest BCUT2D eigenvalue weighted by Gasteiger charge is -2.17. The molecule has 1 aliphatic heterocycles. The number of benzene rings is 1. The molecule has 4 nitrogen and oxygen atoms in total. The molecule has 0 saturated carbocycles. The van der Waals surface area contributed by atoms with Crippen molar-refractivity contribution in [1.29, 1.82) is 0 Å². The zero-order valence-corrected chi connectivity index (χ0v) is 12.1. The minimum absolute atomic E-state index is 0.857. The Hall–Kier alpha value is -2.10. The fourth-order valence-corrected chi connectivity index (χ4v) is 2.54. The first-order valence-electron chi connectivity index (χ1n) is 7.14. The average molecular weight is 268 g/mol. The van der Waals surface area contributed by atoms with Gasteiger partial charge in [0.2, 0.25) is 0 Å². The van der Waals surface area contributed by atoms with Crippen molar-refractivity contribution in [3.8, 4) is 0 Å². The van der Waals surface area contributed by atoms with Crippen molar-refractivity contribution in [3.05, 3.63) is 41.7 Å². The fourth-order valence-electron chi connectivity index (χ4n) is 2.54. The highest BCUT2D eigenvalue weighted by molar-refractivity contribution is 5.63. The van der Waals surface area contributed by atoms with E-state index in [9.17, 15) is 0 Å². The van der Waals surface area contributed by atoms with Crippen LogP contribution >= 0.6 is 0 Å². The third kappa shape index (κ3) is 2.74. The van der Waals surface area contributed by atoms with Gasteiger partial charge in [-0.2, -0.15) is 0 Å². The molecule has 0 unspecified atom stereocenters. The maximum atomic E-state index is 4.38. The Kier molecular flexibility index (Phi) is 3.54. The van der Waals surface area contributed by atoms with E-state index in [1.54, 1.807) is 6.33 Å². The van der Waals surface area contributed by atoms with Gasteiger partial charge in [-0.1, -0.05) is 12.1 Å². The van der Waals surface area contributed by atoms with Gasteiger partial charge in [-0.15, -0.1) is 0 Å². The van der Waals surface area contributed by atoms with Gasteiger partial charge in [0, 0.05) is 24.8 Å². The highest BCUT2D eigenvalue weighted by atomic mass is 15.2. The van der Waals surface area contributed by atoms with Crippen molar-refractivity contribution in [1.82, 2.24) is 9.97 Å². The quantitative estimate of drug-likeness (QED) is 0.926. The smallest absolute Gasteiger partial charge is 0.135 e. The van der Waals surface area contributed by atoms with Gasteiger partial charge in [0.05, 0.1) is 0 Å². The third-order valence-electron chi connectivity index (χ3n) is 3.74. The highest BCUT2D eigenvalue weighted by Crippen LogP contribution is 2.23. The van der Waals surface area contributed by atoms with Crippen LogP contribution in [0.2, 0.25) is 0 Å². The SMILES string of the molecule is Cc1ccc(C)c(Nc2cc(N3CCCC3)ncn2)c1. The van der Waals surface area contributed by atoms with Crippen molar-refractivity contribution in [2.45, 2.75) is 26.7 Å². The first-order valence-corrected chi connectivity index (χ1v) is 7.14. The van der Waals surface area contributed by atoms with E-state index in [4.69, 9.17) is 0 Å². The number of aromatic nitrogens is 2. The summed E-state index contributed by atoms with van der Waals surface area (Å²) in [7, 11) is 0. The zero-order chi connectivity index (χ0) is 13.9. The predicted molar refractivity (Wildman–Crippen MR) is 82.7 cm³/mol.